The quantitative estimate of drug-likeness (QED) is 0.767. The van der Waals surface area contributed by atoms with E-state index in [1.807, 2.05) is 13.8 Å². The van der Waals surface area contributed by atoms with Gasteiger partial charge in [0.1, 0.15) is 0 Å². The van der Waals surface area contributed by atoms with Crippen molar-refractivity contribution in [1.82, 2.24) is 15.5 Å². The molecule has 100 valence electrons. The molecule has 1 aromatic rings. The van der Waals surface area contributed by atoms with Crippen molar-refractivity contribution in [2.45, 2.75) is 52.0 Å². The molecular formula is C13H22N4O. The highest BCUT2D eigenvalue weighted by Crippen LogP contribution is 2.26. The van der Waals surface area contributed by atoms with Crippen molar-refractivity contribution < 1.29 is 4.79 Å². The summed E-state index contributed by atoms with van der Waals surface area (Å²) in [5.41, 5.74) is 7.60. The average molecular weight is 250 g/mol. The molecule has 2 unspecified atom stereocenters. The van der Waals surface area contributed by atoms with Crippen LogP contribution >= 0.6 is 0 Å². The Morgan fingerprint density at radius 1 is 1.50 bits per heavy atom. The Kier molecular flexibility index (Phi) is 3.59. The Morgan fingerprint density at radius 3 is 2.72 bits per heavy atom. The standard InChI is InChI=1S/C13H22N4O/c1-7(2)11-10(14)12(17-16-11)13(18)15-9-5-4-8(3)6-9/h7-9H,4-6,14H2,1-3H3,(H,15,18)(H,16,17). The van der Waals surface area contributed by atoms with Gasteiger partial charge < -0.3 is 11.1 Å². The summed E-state index contributed by atoms with van der Waals surface area (Å²) in [4.78, 5) is 12.1. The number of hydrogen-bond donors (Lipinski definition) is 3. The zero-order valence-electron chi connectivity index (χ0n) is 11.3. The maximum absolute atomic E-state index is 12.1. The van der Waals surface area contributed by atoms with Gasteiger partial charge in [0.25, 0.3) is 5.91 Å². The summed E-state index contributed by atoms with van der Waals surface area (Å²) in [5.74, 6) is 0.776. The number of nitrogens with one attached hydrogen (secondary N) is 2. The second kappa shape index (κ2) is 5.00. The number of H-pyrrole nitrogens is 1. The summed E-state index contributed by atoms with van der Waals surface area (Å²) >= 11 is 0. The number of nitrogen functional groups attached to an aromatic ring is 1. The van der Waals surface area contributed by atoms with E-state index in [9.17, 15) is 4.79 Å². The van der Waals surface area contributed by atoms with E-state index in [2.05, 4.69) is 22.4 Å². The van der Waals surface area contributed by atoms with Crippen LogP contribution in [0.25, 0.3) is 0 Å². The molecule has 1 heterocycles. The summed E-state index contributed by atoms with van der Waals surface area (Å²) in [5, 5.41) is 9.91. The Morgan fingerprint density at radius 2 is 2.22 bits per heavy atom. The summed E-state index contributed by atoms with van der Waals surface area (Å²) in [7, 11) is 0. The van der Waals surface area contributed by atoms with Gasteiger partial charge in [-0.15, -0.1) is 0 Å². The number of hydrogen-bond acceptors (Lipinski definition) is 3. The van der Waals surface area contributed by atoms with Crippen LogP contribution in [0.1, 0.15) is 62.1 Å². The number of rotatable bonds is 3. The third-order valence-corrected chi connectivity index (χ3v) is 3.66. The van der Waals surface area contributed by atoms with E-state index in [-0.39, 0.29) is 17.9 Å². The zero-order chi connectivity index (χ0) is 13.3. The molecule has 1 saturated carbocycles. The first-order valence-corrected chi connectivity index (χ1v) is 6.63. The van der Waals surface area contributed by atoms with Crippen LogP contribution in [0.5, 0.6) is 0 Å². The molecule has 1 aromatic heterocycles. The van der Waals surface area contributed by atoms with Crippen LogP contribution in [0.3, 0.4) is 0 Å². The Labute approximate surface area is 108 Å². The van der Waals surface area contributed by atoms with Gasteiger partial charge in [-0.1, -0.05) is 20.8 Å². The molecule has 1 aliphatic carbocycles. The number of nitrogens with zero attached hydrogens (tertiary/aromatic N) is 1. The lowest BCUT2D eigenvalue weighted by Gasteiger charge is -2.11. The predicted molar refractivity (Wildman–Crippen MR) is 71.4 cm³/mol. The Balaban J connectivity index is 2.05. The van der Waals surface area contributed by atoms with E-state index in [4.69, 9.17) is 5.73 Å². The molecule has 5 heteroatoms. The molecule has 0 saturated heterocycles. The SMILES string of the molecule is CC1CCC(NC(=O)c2n[nH]c(C(C)C)c2N)C1. The van der Waals surface area contributed by atoms with Crippen LogP contribution in [-0.4, -0.2) is 22.1 Å². The van der Waals surface area contributed by atoms with Gasteiger partial charge in [0.05, 0.1) is 11.4 Å². The molecule has 0 aliphatic heterocycles. The highest BCUT2D eigenvalue weighted by atomic mass is 16.2. The molecule has 0 bridgehead atoms. The van der Waals surface area contributed by atoms with Gasteiger partial charge in [-0.2, -0.15) is 5.10 Å². The number of carbonyl (C=O) groups is 1. The first-order chi connectivity index (χ1) is 8.49. The van der Waals surface area contributed by atoms with Crippen LogP contribution in [-0.2, 0) is 0 Å². The summed E-state index contributed by atoms with van der Waals surface area (Å²) in [6, 6.07) is 0.270. The van der Waals surface area contributed by atoms with E-state index in [0.717, 1.165) is 18.5 Å². The van der Waals surface area contributed by atoms with E-state index >= 15 is 0 Å². The minimum absolute atomic E-state index is 0.158. The third-order valence-electron chi connectivity index (χ3n) is 3.66. The maximum atomic E-state index is 12.1. The van der Waals surface area contributed by atoms with Gasteiger partial charge in [0.2, 0.25) is 0 Å². The van der Waals surface area contributed by atoms with Crippen LogP contribution in [0.4, 0.5) is 5.69 Å². The summed E-state index contributed by atoms with van der Waals surface area (Å²) in [6.07, 6.45) is 3.28. The second-order valence-electron chi connectivity index (χ2n) is 5.64. The predicted octanol–water partition coefficient (Wildman–Crippen LogP) is 2.03. The van der Waals surface area contributed by atoms with E-state index in [0.29, 0.717) is 17.3 Å². The molecule has 5 nitrogen and oxygen atoms in total. The van der Waals surface area contributed by atoms with Crippen LogP contribution in [0.2, 0.25) is 0 Å². The van der Waals surface area contributed by atoms with Gasteiger partial charge in [-0.25, -0.2) is 0 Å². The van der Waals surface area contributed by atoms with Crippen LogP contribution in [0.15, 0.2) is 0 Å². The van der Waals surface area contributed by atoms with Gasteiger partial charge in [-0.3, -0.25) is 9.89 Å². The molecule has 2 rings (SSSR count). The molecule has 2 atom stereocenters. The number of nitrogens with two attached hydrogens (primary N) is 1. The summed E-state index contributed by atoms with van der Waals surface area (Å²) < 4.78 is 0. The highest BCUT2D eigenvalue weighted by molar-refractivity contribution is 5.97. The number of aromatic amines is 1. The number of carbonyl (C=O) groups excluding carboxylic acids is 1. The second-order valence-corrected chi connectivity index (χ2v) is 5.64. The van der Waals surface area contributed by atoms with Gasteiger partial charge in [-0.05, 0) is 31.1 Å². The molecule has 0 radical (unpaired) electrons. The van der Waals surface area contributed by atoms with Crippen molar-refractivity contribution in [2.75, 3.05) is 5.73 Å². The smallest absolute Gasteiger partial charge is 0.274 e. The highest BCUT2D eigenvalue weighted by Gasteiger charge is 2.25. The van der Waals surface area contributed by atoms with Crippen LogP contribution < -0.4 is 11.1 Å². The zero-order valence-corrected chi connectivity index (χ0v) is 11.3. The van der Waals surface area contributed by atoms with Crippen molar-refractivity contribution in [1.29, 1.82) is 0 Å². The number of amides is 1. The Hall–Kier alpha value is -1.52. The molecule has 0 spiro atoms. The molecule has 18 heavy (non-hydrogen) atoms. The number of aromatic nitrogens is 2. The van der Waals surface area contributed by atoms with Crippen molar-refractivity contribution in [2.24, 2.45) is 5.92 Å². The average Bonchev–Trinajstić information content (AvgIpc) is 2.85. The fraction of sp³-hybridized carbons (Fsp3) is 0.692. The van der Waals surface area contributed by atoms with Gasteiger partial charge >= 0.3 is 0 Å². The normalized spacial score (nSPS) is 23.6. The number of anilines is 1. The monoisotopic (exact) mass is 250 g/mol. The lowest BCUT2D eigenvalue weighted by molar-refractivity contribution is 0.0933. The van der Waals surface area contributed by atoms with E-state index < -0.39 is 0 Å². The third kappa shape index (κ3) is 2.49. The minimum Gasteiger partial charge on any atom is -0.395 e. The molecular weight excluding hydrogens is 228 g/mol. The van der Waals surface area contributed by atoms with Crippen molar-refractivity contribution in [3.8, 4) is 0 Å². The fourth-order valence-electron chi connectivity index (χ4n) is 2.57. The molecule has 1 fully saturated rings. The van der Waals surface area contributed by atoms with Crippen LogP contribution in [0, 0.1) is 5.92 Å². The first-order valence-electron chi connectivity index (χ1n) is 6.63. The van der Waals surface area contributed by atoms with Crippen molar-refractivity contribution in [3.63, 3.8) is 0 Å². The fourth-order valence-corrected chi connectivity index (χ4v) is 2.57. The molecule has 0 aromatic carbocycles. The Bertz CT molecular complexity index is 438. The van der Waals surface area contributed by atoms with E-state index in [1.54, 1.807) is 0 Å². The minimum atomic E-state index is -0.158. The first kappa shape index (κ1) is 12.9. The molecule has 4 N–H and O–H groups in total. The van der Waals surface area contributed by atoms with Crippen molar-refractivity contribution >= 4 is 11.6 Å². The van der Waals surface area contributed by atoms with Gasteiger partial charge in [0, 0.05) is 6.04 Å². The summed E-state index contributed by atoms with van der Waals surface area (Å²) in [6.45, 7) is 6.25. The lowest BCUT2D eigenvalue weighted by atomic mass is 10.1. The van der Waals surface area contributed by atoms with Gasteiger partial charge in [0.15, 0.2) is 5.69 Å². The molecule has 1 aliphatic rings. The maximum Gasteiger partial charge on any atom is 0.274 e. The lowest BCUT2D eigenvalue weighted by Crippen LogP contribution is -2.33. The largest absolute Gasteiger partial charge is 0.395 e. The molecule has 1 amide bonds. The topological polar surface area (TPSA) is 83.8 Å². The van der Waals surface area contributed by atoms with E-state index in [1.165, 1.54) is 6.42 Å². The van der Waals surface area contributed by atoms with Crippen molar-refractivity contribution in [3.05, 3.63) is 11.4 Å².